The van der Waals surface area contributed by atoms with E-state index < -0.39 is 0 Å². The molecular formula is C25H28BrNO3S. The molecule has 0 N–H and O–H groups in total. The molecule has 4 nitrogen and oxygen atoms in total. The first-order valence-electron chi connectivity index (χ1n) is 11.1. The van der Waals surface area contributed by atoms with Crippen molar-refractivity contribution in [2.45, 2.75) is 51.9 Å². The molecule has 0 unspecified atom stereocenters. The van der Waals surface area contributed by atoms with Crippen molar-refractivity contribution in [3.8, 4) is 16.9 Å². The van der Waals surface area contributed by atoms with Gasteiger partial charge in [-0.3, -0.25) is 4.79 Å². The maximum atomic E-state index is 11.8. The fourth-order valence-corrected chi connectivity index (χ4v) is 5.63. The van der Waals surface area contributed by atoms with Crippen LogP contribution >= 0.6 is 27.3 Å². The highest BCUT2D eigenvalue weighted by molar-refractivity contribution is 9.11. The summed E-state index contributed by atoms with van der Waals surface area (Å²) in [5.41, 5.74) is 4.28. The summed E-state index contributed by atoms with van der Waals surface area (Å²) in [5, 5.41) is 0. The Labute approximate surface area is 196 Å². The van der Waals surface area contributed by atoms with Gasteiger partial charge in [0.2, 0.25) is 0 Å². The van der Waals surface area contributed by atoms with Crippen molar-refractivity contribution in [2.75, 3.05) is 13.2 Å². The van der Waals surface area contributed by atoms with Crippen LogP contribution in [0.15, 0.2) is 40.3 Å². The Morgan fingerprint density at radius 1 is 1.16 bits per heavy atom. The van der Waals surface area contributed by atoms with E-state index in [1.54, 1.807) is 11.3 Å². The van der Waals surface area contributed by atoms with Crippen LogP contribution in [0.4, 0.5) is 0 Å². The molecule has 1 aliphatic carbocycles. The van der Waals surface area contributed by atoms with Crippen molar-refractivity contribution < 1.29 is 14.3 Å². The summed E-state index contributed by atoms with van der Waals surface area (Å²) < 4.78 is 13.5. The van der Waals surface area contributed by atoms with Crippen LogP contribution < -0.4 is 4.74 Å². The van der Waals surface area contributed by atoms with E-state index in [4.69, 9.17) is 9.47 Å². The zero-order valence-corrected chi connectivity index (χ0v) is 20.3. The lowest BCUT2D eigenvalue weighted by atomic mass is 9.90. The molecule has 1 aliphatic rings. The average Bonchev–Trinajstić information content (AvgIpc) is 3.16. The molecule has 1 heterocycles. The van der Waals surface area contributed by atoms with Crippen LogP contribution in [-0.4, -0.2) is 24.2 Å². The van der Waals surface area contributed by atoms with Crippen LogP contribution in [0.2, 0.25) is 0 Å². The number of hydrogen-bond donors (Lipinski definition) is 0. The fourth-order valence-electron chi connectivity index (χ4n) is 4.19. The Morgan fingerprint density at radius 3 is 2.81 bits per heavy atom. The minimum Gasteiger partial charge on any atom is -0.493 e. The zero-order chi connectivity index (χ0) is 21.6. The van der Waals surface area contributed by atoms with E-state index in [0.29, 0.717) is 25.4 Å². The molecule has 0 saturated heterocycles. The highest BCUT2D eigenvalue weighted by atomic mass is 79.9. The van der Waals surface area contributed by atoms with E-state index in [1.807, 2.05) is 6.92 Å². The van der Waals surface area contributed by atoms with Crippen LogP contribution in [0.5, 0.6) is 5.75 Å². The van der Waals surface area contributed by atoms with Crippen molar-refractivity contribution in [2.24, 2.45) is 5.92 Å². The van der Waals surface area contributed by atoms with Gasteiger partial charge in [-0.25, -0.2) is 4.98 Å². The smallest absolute Gasteiger partial charge is 0.306 e. The second-order valence-corrected chi connectivity index (χ2v) is 10.4. The van der Waals surface area contributed by atoms with Crippen molar-refractivity contribution >= 4 is 43.5 Å². The van der Waals surface area contributed by atoms with Gasteiger partial charge in [-0.2, -0.15) is 0 Å². The normalized spacial score (nSPS) is 14.6. The van der Waals surface area contributed by atoms with Gasteiger partial charge in [0, 0.05) is 12.0 Å². The summed E-state index contributed by atoms with van der Waals surface area (Å²) in [6, 6.07) is 12.6. The Hall–Kier alpha value is -1.92. The quantitative estimate of drug-likeness (QED) is 0.306. The summed E-state index contributed by atoms with van der Waals surface area (Å²) in [6.07, 6.45) is 7.53. The third kappa shape index (κ3) is 5.86. The van der Waals surface area contributed by atoms with Gasteiger partial charge in [0.05, 0.1) is 23.4 Å². The van der Waals surface area contributed by atoms with Gasteiger partial charge in [-0.05, 0) is 83.4 Å². The lowest BCUT2D eigenvalue weighted by Gasteiger charge is -2.22. The third-order valence-electron chi connectivity index (χ3n) is 5.84. The molecule has 0 bridgehead atoms. The first kappa shape index (κ1) is 22.3. The van der Waals surface area contributed by atoms with E-state index in [1.165, 1.54) is 32.1 Å². The number of halogens is 1. The summed E-state index contributed by atoms with van der Waals surface area (Å²) in [6.45, 7) is 3.02. The number of hydrogen-bond acceptors (Lipinski definition) is 5. The van der Waals surface area contributed by atoms with E-state index in [0.717, 1.165) is 43.2 Å². The van der Waals surface area contributed by atoms with Crippen molar-refractivity contribution in [3.05, 3.63) is 45.9 Å². The molecule has 0 aliphatic heterocycles. The topological polar surface area (TPSA) is 48.4 Å². The molecule has 2 aromatic carbocycles. The van der Waals surface area contributed by atoms with Crippen molar-refractivity contribution in [3.63, 3.8) is 0 Å². The predicted octanol–water partition coefficient (Wildman–Crippen LogP) is 7.18. The summed E-state index contributed by atoms with van der Waals surface area (Å²) in [4.78, 5) is 16.3. The van der Waals surface area contributed by atoms with Crippen LogP contribution in [0, 0.1) is 5.92 Å². The van der Waals surface area contributed by atoms with Gasteiger partial charge in [0.15, 0.2) is 3.92 Å². The predicted molar refractivity (Wildman–Crippen MR) is 130 cm³/mol. The minimum absolute atomic E-state index is 0.155. The number of carbonyl (C=O) groups excluding carboxylic acids is 1. The number of esters is 1. The minimum atomic E-state index is -0.155. The summed E-state index contributed by atoms with van der Waals surface area (Å²) >= 11 is 5.12. The van der Waals surface area contributed by atoms with Crippen LogP contribution in [0.3, 0.4) is 0 Å². The van der Waals surface area contributed by atoms with Gasteiger partial charge in [0.1, 0.15) is 5.75 Å². The third-order valence-corrected chi connectivity index (χ3v) is 7.31. The monoisotopic (exact) mass is 501 g/mol. The number of ether oxygens (including phenoxy) is 2. The number of benzene rings is 2. The second kappa shape index (κ2) is 10.6. The molecule has 164 valence electrons. The molecule has 1 aromatic heterocycles. The lowest BCUT2D eigenvalue weighted by Crippen LogP contribution is -2.15. The number of fused-ring (bicyclic) bond motifs is 1. The molecular weight excluding hydrogens is 474 g/mol. The number of aryl methyl sites for hydroxylation is 1. The number of nitrogens with zero attached hydrogens (tertiary/aromatic N) is 1. The van der Waals surface area contributed by atoms with Crippen LogP contribution in [0.25, 0.3) is 21.3 Å². The number of aromatic nitrogens is 1. The molecule has 6 heteroatoms. The standard InChI is InChI=1S/C25H28BrNO3S/c1-2-29-24(28)13-9-17-8-12-22(30-16-18-6-4-3-5-7-18)20(14-17)19-10-11-21-23(15-19)31-25(26)27-21/h8,10-12,14-15,18H,2-7,9,13,16H2,1H3. The van der Waals surface area contributed by atoms with Gasteiger partial charge in [-0.15, -0.1) is 11.3 Å². The van der Waals surface area contributed by atoms with Gasteiger partial charge in [-0.1, -0.05) is 31.4 Å². The van der Waals surface area contributed by atoms with E-state index >= 15 is 0 Å². The fraction of sp³-hybridized carbons (Fsp3) is 0.440. The Balaban J connectivity index is 1.60. The molecule has 0 radical (unpaired) electrons. The second-order valence-electron chi connectivity index (χ2n) is 8.10. The van der Waals surface area contributed by atoms with Gasteiger partial charge < -0.3 is 9.47 Å². The molecule has 4 rings (SSSR count). The Morgan fingerprint density at radius 2 is 2.00 bits per heavy atom. The first-order chi connectivity index (χ1) is 15.1. The highest BCUT2D eigenvalue weighted by Gasteiger charge is 2.16. The van der Waals surface area contributed by atoms with Gasteiger partial charge in [0.25, 0.3) is 0 Å². The SMILES string of the molecule is CCOC(=O)CCc1ccc(OCC2CCCCC2)c(-c2ccc3nc(Br)sc3c2)c1. The number of thiazole rings is 1. The lowest BCUT2D eigenvalue weighted by molar-refractivity contribution is -0.143. The molecule has 0 amide bonds. The van der Waals surface area contributed by atoms with Crippen LogP contribution in [-0.2, 0) is 16.0 Å². The van der Waals surface area contributed by atoms with Crippen molar-refractivity contribution in [1.82, 2.24) is 4.98 Å². The molecule has 31 heavy (non-hydrogen) atoms. The Kier molecular flexibility index (Phi) is 7.62. The molecule has 0 atom stereocenters. The van der Waals surface area contributed by atoms with E-state index in [-0.39, 0.29) is 5.97 Å². The first-order valence-corrected chi connectivity index (χ1v) is 12.7. The summed E-state index contributed by atoms with van der Waals surface area (Å²) in [7, 11) is 0. The molecule has 1 fully saturated rings. The maximum absolute atomic E-state index is 11.8. The number of rotatable bonds is 8. The summed E-state index contributed by atoms with van der Waals surface area (Å²) in [5.74, 6) is 1.40. The van der Waals surface area contributed by atoms with Crippen LogP contribution in [0.1, 0.15) is 51.0 Å². The highest BCUT2D eigenvalue weighted by Crippen LogP contribution is 2.36. The van der Waals surface area contributed by atoms with E-state index in [9.17, 15) is 4.79 Å². The van der Waals surface area contributed by atoms with Gasteiger partial charge >= 0.3 is 5.97 Å². The molecule has 3 aromatic rings. The number of carbonyl (C=O) groups is 1. The molecule has 0 spiro atoms. The van der Waals surface area contributed by atoms with Crippen molar-refractivity contribution in [1.29, 1.82) is 0 Å². The van der Waals surface area contributed by atoms with E-state index in [2.05, 4.69) is 57.3 Å². The largest absolute Gasteiger partial charge is 0.493 e. The average molecular weight is 502 g/mol. The Bertz CT molecular complexity index is 1040. The zero-order valence-electron chi connectivity index (χ0n) is 17.9. The maximum Gasteiger partial charge on any atom is 0.306 e. The molecule has 1 saturated carbocycles.